The second-order valence-corrected chi connectivity index (χ2v) is 4.26. The van der Waals surface area contributed by atoms with Gasteiger partial charge in [-0.15, -0.1) is 0 Å². The second-order valence-electron chi connectivity index (χ2n) is 4.26. The van der Waals surface area contributed by atoms with Crippen LogP contribution in [0.5, 0.6) is 0 Å². The predicted octanol–water partition coefficient (Wildman–Crippen LogP) is 3.59. The SMILES string of the molecule is N#CC1Cc2ccccc2Nc2ccccc21. The van der Waals surface area contributed by atoms with Crippen molar-refractivity contribution in [2.24, 2.45) is 0 Å². The van der Waals surface area contributed by atoms with E-state index >= 15 is 0 Å². The number of nitriles is 1. The van der Waals surface area contributed by atoms with Gasteiger partial charge in [0.25, 0.3) is 0 Å². The molecule has 2 heteroatoms. The van der Waals surface area contributed by atoms with Crippen LogP contribution in [-0.4, -0.2) is 0 Å². The lowest BCUT2D eigenvalue weighted by Gasteiger charge is -2.09. The lowest BCUT2D eigenvalue weighted by Crippen LogP contribution is -1.98. The van der Waals surface area contributed by atoms with Gasteiger partial charge < -0.3 is 5.32 Å². The molecule has 1 N–H and O–H groups in total. The molecular weight excluding hydrogens is 208 g/mol. The molecule has 0 spiro atoms. The summed E-state index contributed by atoms with van der Waals surface area (Å²) < 4.78 is 0. The number of nitrogens with zero attached hydrogens (tertiary/aromatic N) is 1. The number of para-hydroxylation sites is 2. The molecule has 0 saturated carbocycles. The van der Waals surface area contributed by atoms with Gasteiger partial charge in [0.15, 0.2) is 0 Å². The fourth-order valence-corrected chi connectivity index (χ4v) is 2.33. The van der Waals surface area contributed by atoms with Crippen LogP contribution in [0.4, 0.5) is 11.4 Å². The lowest BCUT2D eigenvalue weighted by molar-refractivity contribution is 0.862. The Kier molecular flexibility index (Phi) is 2.31. The Morgan fingerprint density at radius 1 is 1.00 bits per heavy atom. The molecule has 0 amide bonds. The topological polar surface area (TPSA) is 35.8 Å². The van der Waals surface area contributed by atoms with Crippen molar-refractivity contribution in [2.75, 3.05) is 5.32 Å². The third-order valence-electron chi connectivity index (χ3n) is 3.20. The number of anilines is 2. The van der Waals surface area contributed by atoms with E-state index in [1.165, 1.54) is 5.56 Å². The van der Waals surface area contributed by atoms with Crippen LogP contribution in [0.2, 0.25) is 0 Å². The van der Waals surface area contributed by atoms with E-state index in [2.05, 4.69) is 23.5 Å². The predicted molar refractivity (Wildman–Crippen MR) is 68.2 cm³/mol. The van der Waals surface area contributed by atoms with Gasteiger partial charge in [-0.25, -0.2) is 0 Å². The van der Waals surface area contributed by atoms with Gasteiger partial charge in [-0.1, -0.05) is 36.4 Å². The van der Waals surface area contributed by atoms with Gasteiger partial charge in [-0.2, -0.15) is 5.26 Å². The van der Waals surface area contributed by atoms with Crippen molar-refractivity contribution < 1.29 is 0 Å². The van der Waals surface area contributed by atoms with E-state index in [1.54, 1.807) is 0 Å². The molecular formula is C15H12N2. The molecule has 0 radical (unpaired) electrons. The van der Waals surface area contributed by atoms with Gasteiger partial charge in [-0.3, -0.25) is 0 Å². The molecule has 0 bridgehead atoms. The van der Waals surface area contributed by atoms with E-state index in [9.17, 15) is 5.26 Å². The summed E-state index contributed by atoms with van der Waals surface area (Å²) in [7, 11) is 0. The Bertz CT molecular complexity index is 596. The summed E-state index contributed by atoms with van der Waals surface area (Å²) in [5.74, 6) is -0.0673. The van der Waals surface area contributed by atoms with Crippen molar-refractivity contribution >= 4 is 11.4 Å². The number of rotatable bonds is 0. The molecule has 1 aliphatic rings. The van der Waals surface area contributed by atoms with Crippen LogP contribution in [0.15, 0.2) is 48.5 Å². The zero-order valence-corrected chi connectivity index (χ0v) is 9.35. The first-order valence-corrected chi connectivity index (χ1v) is 5.72. The highest BCUT2D eigenvalue weighted by molar-refractivity contribution is 5.69. The standard InChI is InChI=1S/C15H12N2/c16-10-12-9-11-5-1-3-7-14(11)17-15-8-4-2-6-13(12)15/h1-8,12,17H,9H2. The number of benzene rings is 2. The molecule has 0 fully saturated rings. The summed E-state index contributed by atoms with van der Waals surface area (Å²) in [5.41, 5.74) is 4.45. The quantitative estimate of drug-likeness (QED) is 0.736. The largest absolute Gasteiger partial charge is 0.355 e. The minimum Gasteiger partial charge on any atom is -0.355 e. The molecule has 3 rings (SSSR count). The monoisotopic (exact) mass is 220 g/mol. The summed E-state index contributed by atoms with van der Waals surface area (Å²) in [5, 5.41) is 12.7. The molecule has 1 unspecified atom stereocenters. The second kappa shape index (κ2) is 3.95. The summed E-state index contributed by atoms with van der Waals surface area (Å²) in [6, 6.07) is 18.6. The summed E-state index contributed by atoms with van der Waals surface area (Å²) >= 11 is 0. The highest BCUT2D eigenvalue weighted by Crippen LogP contribution is 2.35. The fourth-order valence-electron chi connectivity index (χ4n) is 2.33. The van der Waals surface area contributed by atoms with Crippen molar-refractivity contribution in [2.45, 2.75) is 12.3 Å². The molecule has 1 atom stereocenters. The average Bonchev–Trinajstić information content (AvgIpc) is 2.54. The zero-order chi connectivity index (χ0) is 11.7. The summed E-state index contributed by atoms with van der Waals surface area (Å²) in [6.07, 6.45) is 0.774. The van der Waals surface area contributed by atoms with Gasteiger partial charge >= 0.3 is 0 Å². The van der Waals surface area contributed by atoms with Crippen molar-refractivity contribution in [1.29, 1.82) is 5.26 Å². The molecule has 2 aromatic carbocycles. The molecule has 82 valence electrons. The molecule has 0 aliphatic carbocycles. The first kappa shape index (κ1) is 9.92. The van der Waals surface area contributed by atoms with Crippen LogP contribution in [0.3, 0.4) is 0 Å². The third-order valence-corrected chi connectivity index (χ3v) is 3.20. The minimum absolute atomic E-state index is 0.0673. The Morgan fingerprint density at radius 3 is 2.53 bits per heavy atom. The van der Waals surface area contributed by atoms with E-state index in [-0.39, 0.29) is 5.92 Å². The summed E-state index contributed by atoms with van der Waals surface area (Å²) in [6.45, 7) is 0. The van der Waals surface area contributed by atoms with Crippen LogP contribution < -0.4 is 5.32 Å². The summed E-state index contributed by atoms with van der Waals surface area (Å²) in [4.78, 5) is 0. The zero-order valence-electron chi connectivity index (χ0n) is 9.35. The molecule has 0 aromatic heterocycles. The molecule has 1 aliphatic heterocycles. The lowest BCUT2D eigenvalue weighted by atomic mass is 9.93. The van der Waals surface area contributed by atoms with Crippen LogP contribution in [0.1, 0.15) is 17.0 Å². The fraction of sp³-hybridized carbons (Fsp3) is 0.133. The first-order valence-electron chi connectivity index (χ1n) is 5.72. The Labute approximate surface area is 101 Å². The number of fused-ring (bicyclic) bond motifs is 2. The highest BCUT2D eigenvalue weighted by atomic mass is 14.9. The van der Waals surface area contributed by atoms with Gasteiger partial charge in [-0.05, 0) is 29.7 Å². The van der Waals surface area contributed by atoms with E-state index in [1.807, 2.05) is 36.4 Å². The Balaban J connectivity index is 2.17. The first-order chi connectivity index (χ1) is 8.38. The van der Waals surface area contributed by atoms with Crippen LogP contribution in [-0.2, 0) is 6.42 Å². The maximum Gasteiger partial charge on any atom is 0.0773 e. The Morgan fingerprint density at radius 2 is 1.71 bits per heavy atom. The average molecular weight is 220 g/mol. The molecule has 2 nitrogen and oxygen atoms in total. The van der Waals surface area contributed by atoms with Crippen molar-refractivity contribution in [3.05, 3.63) is 59.7 Å². The number of hydrogen-bond acceptors (Lipinski definition) is 2. The van der Waals surface area contributed by atoms with E-state index < -0.39 is 0 Å². The van der Waals surface area contributed by atoms with E-state index in [0.717, 1.165) is 23.4 Å². The van der Waals surface area contributed by atoms with Gasteiger partial charge in [0, 0.05) is 11.4 Å². The van der Waals surface area contributed by atoms with Gasteiger partial charge in [0.05, 0.1) is 12.0 Å². The molecule has 1 heterocycles. The number of hydrogen-bond donors (Lipinski definition) is 1. The van der Waals surface area contributed by atoms with Gasteiger partial charge in [0.2, 0.25) is 0 Å². The van der Waals surface area contributed by atoms with Crippen LogP contribution in [0.25, 0.3) is 0 Å². The normalized spacial score (nSPS) is 17.0. The van der Waals surface area contributed by atoms with Crippen molar-refractivity contribution in [1.82, 2.24) is 0 Å². The minimum atomic E-state index is -0.0673. The third kappa shape index (κ3) is 1.66. The van der Waals surface area contributed by atoms with Crippen LogP contribution in [0, 0.1) is 11.3 Å². The van der Waals surface area contributed by atoms with Crippen molar-refractivity contribution in [3.8, 4) is 6.07 Å². The van der Waals surface area contributed by atoms with Crippen LogP contribution >= 0.6 is 0 Å². The maximum atomic E-state index is 9.31. The highest BCUT2D eigenvalue weighted by Gasteiger charge is 2.20. The van der Waals surface area contributed by atoms with E-state index in [4.69, 9.17) is 0 Å². The Hall–Kier alpha value is -2.27. The maximum absolute atomic E-state index is 9.31. The van der Waals surface area contributed by atoms with Gasteiger partial charge in [0.1, 0.15) is 0 Å². The molecule has 2 aromatic rings. The smallest absolute Gasteiger partial charge is 0.0773 e. The molecule has 17 heavy (non-hydrogen) atoms. The van der Waals surface area contributed by atoms with Crippen molar-refractivity contribution in [3.63, 3.8) is 0 Å². The van der Waals surface area contributed by atoms with E-state index in [0.29, 0.717) is 0 Å². The number of nitrogens with one attached hydrogen (secondary N) is 1. The molecule has 0 saturated heterocycles.